The zero-order valence-corrected chi connectivity index (χ0v) is 9.56. The molecule has 6 heteroatoms. The molecule has 6 nitrogen and oxygen atoms in total. The van der Waals surface area contributed by atoms with Crippen LogP contribution in [0.3, 0.4) is 0 Å². The SMILES string of the molecule is CCCNC(=O)CNC(=O)c1ccncc1O. The lowest BCUT2D eigenvalue weighted by Crippen LogP contribution is -2.37. The highest BCUT2D eigenvalue weighted by molar-refractivity contribution is 5.98. The van der Waals surface area contributed by atoms with Gasteiger partial charge in [-0.2, -0.15) is 0 Å². The number of carbonyl (C=O) groups excluding carboxylic acids is 2. The number of pyridine rings is 1. The Bertz CT molecular complexity index is 407. The van der Waals surface area contributed by atoms with Crippen molar-refractivity contribution in [2.45, 2.75) is 13.3 Å². The van der Waals surface area contributed by atoms with E-state index in [9.17, 15) is 14.7 Å². The molecule has 0 aromatic carbocycles. The Morgan fingerprint density at radius 3 is 2.82 bits per heavy atom. The second-order valence-corrected chi connectivity index (χ2v) is 3.43. The van der Waals surface area contributed by atoms with Crippen molar-refractivity contribution in [2.75, 3.05) is 13.1 Å². The van der Waals surface area contributed by atoms with Gasteiger partial charge in [0.15, 0.2) is 0 Å². The minimum Gasteiger partial charge on any atom is -0.505 e. The third-order valence-electron chi connectivity index (χ3n) is 2.03. The van der Waals surface area contributed by atoms with Crippen molar-refractivity contribution in [1.82, 2.24) is 15.6 Å². The Hall–Kier alpha value is -2.11. The predicted molar refractivity (Wildman–Crippen MR) is 61.5 cm³/mol. The molecule has 17 heavy (non-hydrogen) atoms. The minimum atomic E-state index is -0.503. The maximum absolute atomic E-state index is 11.6. The molecule has 0 saturated carbocycles. The number of aromatic nitrogens is 1. The quantitative estimate of drug-likeness (QED) is 0.674. The maximum Gasteiger partial charge on any atom is 0.255 e. The monoisotopic (exact) mass is 237 g/mol. The number of nitrogens with one attached hydrogen (secondary N) is 2. The van der Waals surface area contributed by atoms with Gasteiger partial charge in [0.2, 0.25) is 5.91 Å². The number of amides is 2. The second kappa shape index (κ2) is 6.47. The van der Waals surface area contributed by atoms with Gasteiger partial charge in [-0.1, -0.05) is 6.92 Å². The summed E-state index contributed by atoms with van der Waals surface area (Å²) in [6.07, 6.45) is 3.41. The largest absolute Gasteiger partial charge is 0.505 e. The van der Waals surface area contributed by atoms with Crippen LogP contribution in [0.1, 0.15) is 23.7 Å². The molecule has 0 unspecified atom stereocenters. The molecule has 0 bridgehead atoms. The predicted octanol–water partition coefficient (Wildman–Crippen LogP) is 0.0432. The van der Waals surface area contributed by atoms with Gasteiger partial charge in [-0.15, -0.1) is 0 Å². The first kappa shape index (κ1) is 13.0. The Labute approximate surface area is 99.1 Å². The number of aromatic hydroxyl groups is 1. The first-order chi connectivity index (χ1) is 8.15. The lowest BCUT2D eigenvalue weighted by molar-refractivity contribution is -0.120. The number of hydrogen-bond acceptors (Lipinski definition) is 4. The molecular formula is C11H15N3O3. The fraction of sp³-hybridized carbons (Fsp3) is 0.364. The van der Waals surface area contributed by atoms with E-state index in [1.807, 2.05) is 6.92 Å². The van der Waals surface area contributed by atoms with Gasteiger partial charge in [-0.05, 0) is 12.5 Å². The average Bonchev–Trinajstić information content (AvgIpc) is 2.34. The van der Waals surface area contributed by atoms with Crippen LogP contribution >= 0.6 is 0 Å². The van der Waals surface area contributed by atoms with Gasteiger partial charge in [0, 0.05) is 12.7 Å². The van der Waals surface area contributed by atoms with E-state index in [-0.39, 0.29) is 23.8 Å². The molecule has 3 N–H and O–H groups in total. The standard InChI is InChI=1S/C11H15N3O3/c1-2-4-13-10(16)7-14-11(17)8-3-5-12-6-9(8)15/h3,5-6,15H,2,4,7H2,1H3,(H,13,16)(H,14,17). The van der Waals surface area contributed by atoms with E-state index >= 15 is 0 Å². The average molecular weight is 237 g/mol. The van der Waals surface area contributed by atoms with Crippen LogP contribution in [0.2, 0.25) is 0 Å². The summed E-state index contributed by atoms with van der Waals surface area (Å²) >= 11 is 0. The molecule has 0 spiro atoms. The van der Waals surface area contributed by atoms with Crippen LogP contribution in [-0.4, -0.2) is 35.0 Å². The molecular weight excluding hydrogens is 222 g/mol. The highest BCUT2D eigenvalue weighted by Gasteiger charge is 2.11. The van der Waals surface area contributed by atoms with Gasteiger partial charge in [-0.25, -0.2) is 0 Å². The molecule has 1 aromatic rings. The molecule has 0 aliphatic carbocycles. The van der Waals surface area contributed by atoms with Crippen molar-refractivity contribution in [3.63, 3.8) is 0 Å². The van der Waals surface area contributed by atoms with Crippen LogP contribution in [0.4, 0.5) is 0 Å². The first-order valence-electron chi connectivity index (χ1n) is 5.33. The van der Waals surface area contributed by atoms with Gasteiger partial charge >= 0.3 is 0 Å². The van der Waals surface area contributed by atoms with Crippen LogP contribution in [0.15, 0.2) is 18.5 Å². The summed E-state index contributed by atoms with van der Waals surface area (Å²) in [7, 11) is 0. The Kier molecular flexibility index (Phi) is 4.93. The van der Waals surface area contributed by atoms with Gasteiger partial charge in [-0.3, -0.25) is 14.6 Å². The molecule has 2 amide bonds. The van der Waals surface area contributed by atoms with Gasteiger partial charge < -0.3 is 15.7 Å². The molecule has 0 aliphatic rings. The summed E-state index contributed by atoms with van der Waals surface area (Å²) in [5.74, 6) is -0.968. The molecule has 0 fully saturated rings. The molecule has 92 valence electrons. The summed E-state index contributed by atoms with van der Waals surface area (Å²) in [4.78, 5) is 26.4. The van der Waals surface area contributed by atoms with Crippen LogP contribution in [0.25, 0.3) is 0 Å². The Morgan fingerprint density at radius 2 is 2.18 bits per heavy atom. The molecule has 0 atom stereocenters. The van der Waals surface area contributed by atoms with E-state index in [1.165, 1.54) is 18.5 Å². The van der Waals surface area contributed by atoms with E-state index in [4.69, 9.17) is 0 Å². The van der Waals surface area contributed by atoms with Crippen LogP contribution in [0, 0.1) is 0 Å². The van der Waals surface area contributed by atoms with E-state index < -0.39 is 5.91 Å². The summed E-state index contributed by atoms with van der Waals surface area (Å²) in [6.45, 7) is 2.41. The van der Waals surface area contributed by atoms with E-state index in [0.29, 0.717) is 6.54 Å². The Balaban J connectivity index is 2.45. The van der Waals surface area contributed by atoms with Gasteiger partial charge in [0.25, 0.3) is 5.91 Å². The zero-order chi connectivity index (χ0) is 12.7. The van der Waals surface area contributed by atoms with E-state index in [2.05, 4.69) is 15.6 Å². The fourth-order valence-electron chi connectivity index (χ4n) is 1.16. The highest BCUT2D eigenvalue weighted by atomic mass is 16.3. The molecule has 0 saturated heterocycles. The number of rotatable bonds is 5. The van der Waals surface area contributed by atoms with Crippen LogP contribution in [-0.2, 0) is 4.79 Å². The van der Waals surface area contributed by atoms with Crippen LogP contribution in [0.5, 0.6) is 5.75 Å². The van der Waals surface area contributed by atoms with E-state index in [1.54, 1.807) is 0 Å². The highest BCUT2D eigenvalue weighted by Crippen LogP contribution is 2.12. The number of carbonyl (C=O) groups is 2. The minimum absolute atomic E-state index is 0.100. The summed E-state index contributed by atoms with van der Waals surface area (Å²) < 4.78 is 0. The zero-order valence-electron chi connectivity index (χ0n) is 9.56. The second-order valence-electron chi connectivity index (χ2n) is 3.43. The number of nitrogens with zero attached hydrogens (tertiary/aromatic N) is 1. The van der Waals surface area contributed by atoms with Crippen molar-refractivity contribution in [3.8, 4) is 5.75 Å². The summed E-state index contributed by atoms with van der Waals surface area (Å²) in [5.41, 5.74) is 0.100. The first-order valence-corrected chi connectivity index (χ1v) is 5.33. The van der Waals surface area contributed by atoms with Crippen molar-refractivity contribution < 1.29 is 14.7 Å². The smallest absolute Gasteiger partial charge is 0.255 e. The maximum atomic E-state index is 11.6. The third-order valence-corrected chi connectivity index (χ3v) is 2.03. The summed E-state index contributed by atoms with van der Waals surface area (Å²) in [5, 5.41) is 14.4. The van der Waals surface area contributed by atoms with E-state index in [0.717, 1.165) is 6.42 Å². The van der Waals surface area contributed by atoms with Gasteiger partial charge in [0.1, 0.15) is 5.75 Å². The van der Waals surface area contributed by atoms with Gasteiger partial charge in [0.05, 0.1) is 18.3 Å². The fourth-order valence-corrected chi connectivity index (χ4v) is 1.16. The van der Waals surface area contributed by atoms with Crippen molar-refractivity contribution >= 4 is 11.8 Å². The molecule has 1 heterocycles. The topological polar surface area (TPSA) is 91.3 Å². The molecule has 1 rings (SSSR count). The third kappa shape index (κ3) is 4.10. The van der Waals surface area contributed by atoms with Crippen molar-refractivity contribution in [2.24, 2.45) is 0 Å². The number of hydrogen-bond donors (Lipinski definition) is 3. The van der Waals surface area contributed by atoms with Crippen molar-refractivity contribution in [1.29, 1.82) is 0 Å². The Morgan fingerprint density at radius 1 is 1.41 bits per heavy atom. The lowest BCUT2D eigenvalue weighted by Gasteiger charge is -2.06. The summed E-state index contributed by atoms with van der Waals surface area (Å²) in [6, 6.07) is 1.38. The normalized spacial score (nSPS) is 9.71. The van der Waals surface area contributed by atoms with Crippen molar-refractivity contribution in [3.05, 3.63) is 24.0 Å². The molecule has 0 aliphatic heterocycles. The molecule has 1 aromatic heterocycles. The molecule has 0 radical (unpaired) electrons. The van der Waals surface area contributed by atoms with Crippen LogP contribution < -0.4 is 10.6 Å². The lowest BCUT2D eigenvalue weighted by atomic mass is 10.2.